The molecule has 1 amide bonds. The van der Waals surface area contributed by atoms with Crippen LogP contribution in [0.4, 0.5) is 5.82 Å². The lowest BCUT2D eigenvalue weighted by atomic mass is 10.1. The molecule has 1 aliphatic heterocycles. The second kappa shape index (κ2) is 11.4. The molecule has 5 atom stereocenters. The summed E-state index contributed by atoms with van der Waals surface area (Å²) < 4.78 is 28.3. The number of aliphatic hydroxyl groups is 2. The largest absolute Gasteiger partial charge is 0.464 e. The fourth-order valence-corrected chi connectivity index (χ4v) is 4.53. The minimum absolute atomic E-state index is 0.0144. The minimum atomic E-state index is -5.07. The highest BCUT2D eigenvalue weighted by Crippen LogP contribution is 2.43. The molecule has 0 bridgehead atoms. The first-order valence-electron chi connectivity index (χ1n) is 11.1. The number of aromatic nitrogens is 4. The van der Waals surface area contributed by atoms with Crippen LogP contribution in [0.1, 0.15) is 23.5 Å². The molecule has 1 aromatic carbocycles. The Morgan fingerprint density at radius 3 is 2.58 bits per heavy atom. The maximum Gasteiger partial charge on any atom is 0.365 e. The predicted octanol–water partition coefficient (Wildman–Crippen LogP) is 0.435. The zero-order valence-corrected chi connectivity index (χ0v) is 21.3. The van der Waals surface area contributed by atoms with Crippen LogP contribution in [-0.2, 0) is 23.6 Å². The van der Waals surface area contributed by atoms with E-state index in [2.05, 4.69) is 25.0 Å². The zero-order valence-electron chi connectivity index (χ0n) is 19.6. The fraction of sp³-hybridized carbons (Fsp3) is 0.381. The molecule has 17 heteroatoms. The van der Waals surface area contributed by atoms with Gasteiger partial charge < -0.3 is 39.5 Å². The number of imidazole rings is 1. The molecule has 1 aliphatic rings. The van der Waals surface area contributed by atoms with Crippen molar-refractivity contribution < 1.29 is 48.4 Å². The average molecular weight is 572 g/mol. The summed E-state index contributed by atoms with van der Waals surface area (Å²) in [5.74, 6) is -4.03. The van der Waals surface area contributed by atoms with Crippen LogP contribution in [0.2, 0.25) is 5.28 Å². The monoisotopic (exact) mass is 571 g/mol. The molecule has 0 aliphatic carbocycles. The Kier molecular flexibility index (Phi) is 8.40. The van der Waals surface area contributed by atoms with Gasteiger partial charge in [0.25, 0.3) is 11.8 Å². The number of carbonyl (C=O) groups is 2. The number of rotatable bonds is 9. The van der Waals surface area contributed by atoms with Crippen LogP contribution in [0.25, 0.3) is 11.2 Å². The Hall–Kier alpha value is -3.01. The topological polar surface area (TPSA) is 215 Å². The summed E-state index contributed by atoms with van der Waals surface area (Å²) in [7, 11) is -5.07. The maximum absolute atomic E-state index is 12.6. The molecule has 0 unspecified atom stereocenters. The van der Waals surface area contributed by atoms with Crippen LogP contribution in [-0.4, -0.2) is 88.8 Å². The van der Waals surface area contributed by atoms with E-state index in [0.717, 1.165) is 0 Å². The van der Waals surface area contributed by atoms with Gasteiger partial charge in [0.15, 0.2) is 23.2 Å². The van der Waals surface area contributed by atoms with E-state index >= 15 is 0 Å². The van der Waals surface area contributed by atoms with Crippen LogP contribution in [0, 0.1) is 0 Å². The molecule has 5 N–H and O–H groups in total. The number of nitrogens with zero attached hydrogens (tertiary/aromatic N) is 4. The van der Waals surface area contributed by atoms with E-state index in [9.17, 15) is 34.2 Å². The van der Waals surface area contributed by atoms with Gasteiger partial charge in [-0.3, -0.25) is 13.9 Å². The van der Waals surface area contributed by atoms with E-state index < -0.39 is 56.5 Å². The lowest BCUT2D eigenvalue weighted by Crippen LogP contribution is -2.36. The molecule has 1 fully saturated rings. The van der Waals surface area contributed by atoms with Crippen LogP contribution in [0.5, 0.6) is 0 Å². The smallest absolute Gasteiger partial charge is 0.365 e. The number of hydrogen-bond acceptors (Lipinski definition) is 11. The second-order valence-corrected chi connectivity index (χ2v) is 10.0. The quantitative estimate of drug-likeness (QED) is 0.134. The Morgan fingerprint density at radius 1 is 1.21 bits per heavy atom. The maximum atomic E-state index is 12.6. The van der Waals surface area contributed by atoms with Gasteiger partial charge in [0.2, 0.25) is 5.28 Å². The number of ether oxygens (including phenoxy) is 3. The molecule has 2 aromatic heterocycles. The third kappa shape index (κ3) is 5.85. The molecule has 3 heterocycles. The number of amides is 1. The number of anilines is 1. The zero-order chi connectivity index (χ0) is 27.6. The van der Waals surface area contributed by atoms with Crippen LogP contribution < -0.4 is 5.32 Å². The van der Waals surface area contributed by atoms with E-state index in [1.165, 1.54) is 17.8 Å². The molecule has 0 spiro atoms. The van der Waals surface area contributed by atoms with E-state index in [4.69, 9.17) is 21.1 Å². The molecule has 204 valence electrons. The second-order valence-electron chi connectivity index (χ2n) is 8.06. The summed E-state index contributed by atoms with van der Waals surface area (Å²) >= 11 is 6.06. The van der Waals surface area contributed by atoms with E-state index in [0.29, 0.717) is 5.56 Å². The molecule has 1 saturated heterocycles. The Labute approximate surface area is 219 Å². The van der Waals surface area contributed by atoms with Crippen molar-refractivity contribution in [1.82, 2.24) is 19.5 Å². The third-order valence-corrected chi connectivity index (χ3v) is 6.63. The highest BCUT2D eigenvalue weighted by molar-refractivity contribution is 7.53. The lowest BCUT2D eigenvalue weighted by Gasteiger charge is -2.20. The lowest BCUT2D eigenvalue weighted by molar-refractivity contribution is -0.155. The summed E-state index contributed by atoms with van der Waals surface area (Å²) in [6, 6.07) is 8.32. The highest BCUT2D eigenvalue weighted by Gasteiger charge is 2.46. The van der Waals surface area contributed by atoms with Gasteiger partial charge in [-0.25, -0.2) is 9.78 Å². The number of halogens is 1. The predicted molar refractivity (Wildman–Crippen MR) is 129 cm³/mol. The van der Waals surface area contributed by atoms with Crippen molar-refractivity contribution in [2.75, 3.05) is 18.5 Å². The number of carbonyl (C=O) groups excluding carboxylic acids is 2. The summed E-state index contributed by atoms with van der Waals surface area (Å²) in [4.78, 5) is 55.7. The first-order valence-corrected chi connectivity index (χ1v) is 13.2. The Morgan fingerprint density at radius 2 is 1.92 bits per heavy atom. The molecule has 0 radical (unpaired) electrons. The van der Waals surface area contributed by atoms with Crippen molar-refractivity contribution in [3.8, 4) is 0 Å². The summed E-state index contributed by atoms with van der Waals surface area (Å²) in [6.45, 7) is 0.626. The van der Waals surface area contributed by atoms with E-state index in [1.54, 1.807) is 30.3 Å². The number of fused-ring (bicyclic) bond motifs is 1. The fourth-order valence-electron chi connectivity index (χ4n) is 3.73. The normalized spacial score (nSPS) is 22.4. The Balaban J connectivity index is 1.55. The van der Waals surface area contributed by atoms with Crippen molar-refractivity contribution in [3.05, 3.63) is 47.5 Å². The van der Waals surface area contributed by atoms with Crippen LogP contribution in [0.15, 0.2) is 36.7 Å². The number of hydrogen-bond donors (Lipinski definition) is 5. The van der Waals surface area contributed by atoms with E-state index in [1.807, 2.05) is 0 Å². The highest BCUT2D eigenvalue weighted by atomic mass is 35.5. The summed E-state index contributed by atoms with van der Waals surface area (Å²) in [5.41, 5.74) is 0.505. The van der Waals surface area contributed by atoms with Crippen molar-refractivity contribution in [3.63, 3.8) is 0 Å². The third-order valence-electron chi connectivity index (χ3n) is 5.49. The van der Waals surface area contributed by atoms with Crippen LogP contribution >= 0.6 is 19.2 Å². The molecule has 4 rings (SSSR count). The first-order chi connectivity index (χ1) is 18.0. The van der Waals surface area contributed by atoms with Gasteiger partial charge in [0.05, 0.1) is 19.5 Å². The van der Waals surface area contributed by atoms with Gasteiger partial charge in [-0.1, -0.05) is 18.2 Å². The SMILES string of the molecule is CCOC(=O)[C@H](OC[C@H]1O[C@@H](n2cnc3c(NC(=O)c4ccccc4)nc(Cl)nc32)[C@H](O)[C@@H]1O)P(=O)(O)O. The van der Waals surface area contributed by atoms with Gasteiger partial charge in [0.1, 0.15) is 18.3 Å². The molecular weight excluding hydrogens is 549 g/mol. The number of aliphatic hydroxyl groups excluding tert-OH is 2. The van der Waals surface area contributed by atoms with Gasteiger partial charge in [-0.05, 0) is 30.7 Å². The molecule has 3 aromatic rings. The van der Waals surface area contributed by atoms with Crippen molar-refractivity contribution in [2.24, 2.45) is 0 Å². The average Bonchev–Trinajstić information content (AvgIpc) is 3.40. The summed E-state index contributed by atoms with van der Waals surface area (Å²) in [6.07, 6.45) is -4.57. The minimum Gasteiger partial charge on any atom is -0.464 e. The molecule has 38 heavy (non-hydrogen) atoms. The van der Waals surface area contributed by atoms with Gasteiger partial charge >= 0.3 is 13.6 Å². The standard InChI is InChI=1S/C21H23ClN5O10P/c1-2-35-19(31)20(38(32,33)34)36-8-11-13(28)14(29)18(37-11)27-9-23-12-15(25-21(22)26-16(12)27)24-17(30)10-6-4-3-5-7-10/h3-7,9,11,13-14,18,20,28-29H,2,8H2,1H3,(H2,32,33,34)(H,24,25,26,30)/t11-,13-,14-,18-,20-/m1/s1. The Bertz CT molecular complexity index is 1370. The first kappa shape index (κ1) is 28.0. The molecule has 15 nitrogen and oxygen atoms in total. The van der Waals surface area contributed by atoms with E-state index in [-0.39, 0.29) is 28.9 Å². The van der Waals surface area contributed by atoms with Crippen molar-refractivity contribution in [2.45, 2.75) is 37.3 Å². The molecule has 0 saturated carbocycles. The van der Waals surface area contributed by atoms with Crippen molar-refractivity contribution >= 4 is 48.1 Å². The van der Waals surface area contributed by atoms with Gasteiger partial charge in [-0.2, -0.15) is 9.97 Å². The molecular formula is C21H23ClN5O10P. The number of nitrogens with one attached hydrogen (secondary N) is 1. The number of esters is 1. The number of benzene rings is 1. The van der Waals surface area contributed by atoms with Crippen LogP contribution in [0.3, 0.4) is 0 Å². The van der Waals surface area contributed by atoms with Gasteiger partial charge in [0, 0.05) is 5.56 Å². The van der Waals surface area contributed by atoms with Gasteiger partial charge in [-0.15, -0.1) is 0 Å². The summed E-state index contributed by atoms with van der Waals surface area (Å²) in [5, 5.41) is 23.5. The van der Waals surface area contributed by atoms with Crippen molar-refractivity contribution in [1.29, 1.82) is 0 Å².